The van der Waals surface area contributed by atoms with E-state index in [1.165, 1.54) is 0 Å². The standard InChI is InChI=1S/C18H20N8O/c27-18(26-11-9-25(10-12-26)16-6-2-4-8-20-16)21-13-15-22-17(24-23-15)14-5-1-3-7-19-14/h1-8H,9-13H2,(H,21,27)(H,22,23,24). The van der Waals surface area contributed by atoms with Crippen LogP contribution in [0.5, 0.6) is 0 Å². The van der Waals surface area contributed by atoms with Gasteiger partial charge in [0.05, 0.1) is 6.54 Å². The third kappa shape index (κ3) is 4.02. The zero-order valence-corrected chi connectivity index (χ0v) is 14.7. The number of hydrogen-bond acceptors (Lipinski definition) is 6. The predicted octanol–water partition coefficient (Wildman–Crippen LogP) is 1.29. The van der Waals surface area contributed by atoms with E-state index in [1.54, 1.807) is 17.3 Å². The maximum absolute atomic E-state index is 12.4. The molecule has 2 amide bonds. The summed E-state index contributed by atoms with van der Waals surface area (Å²) in [6, 6.07) is 11.3. The Balaban J connectivity index is 1.27. The van der Waals surface area contributed by atoms with E-state index in [9.17, 15) is 4.79 Å². The largest absolute Gasteiger partial charge is 0.353 e. The van der Waals surface area contributed by atoms with Gasteiger partial charge in [0, 0.05) is 38.6 Å². The molecule has 2 N–H and O–H groups in total. The quantitative estimate of drug-likeness (QED) is 0.723. The highest BCUT2D eigenvalue weighted by Gasteiger charge is 2.21. The van der Waals surface area contributed by atoms with Crippen LogP contribution in [-0.4, -0.2) is 62.3 Å². The van der Waals surface area contributed by atoms with Crippen molar-refractivity contribution in [1.82, 2.24) is 35.4 Å². The lowest BCUT2D eigenvalue weighted by Gasteiger charge is -2.35. The van der Waals surface area contributed by atoms with Crippen LogP contribution >= 0.6 is 0 Å². The van der Waals surface area contributed by atoms with Crippen LogP contribution in [-0.2, 0) is 6.54 Å². The van der Waals surface area contributed by atoms with E-state index in [-0.39, 0.29) is 6.03 Å². The van der Waals surface area contributed by atoms with E-state index in [0.29, 0.717) is 37.0 Å². The molecule has 9 nitrogen and oxygen atoms in total. The van der Waals surface area contributed by atoms with Crippen LogP contribution in [0.2, 0.25) is 0 Å². The number of aromatic amines is 1. The van der Waals surface area contributed by atoms with E-state index in [1.807, 2.05) is 36.4 Å². The average Bonchev–Trinajstić information content (AvgIpc) is 3.22. The second kappa shape index (κ2) is 7.81. The third-order valence-corrected chi connectivity index (χ3v) is 4.37. The Bertz CT molecular complexity index is 875. The fourth-order valence-electron chi connectivity index (χ4n) is 2.93. The summed E-state index contributed by atoms with van der Waals surface area (Å²) in [7, 11) is 0. The maximum Gasteiger partial charge on any atom is 0.317 e. The van der Waals surface area contributed by atoms with Crippen LogP contribution in [0.25, 0.3) is 11.5 Å². The van der Waals surface area contributed by atoms with Crippen molar-refractivity contribution in [2.24, 2.45) is 0 Å². The number of rotatable bonds is 4. The molecule has 3 aromatic rings. The van der Waals surface area contributed by atoms with Crippen molar-refractivity contribution in [3.05, 3.63) is 54.6 Å². The van der Waals surface area contributed by atoms with Gasteiger partial charge in [0.1, 0.15) is 17.3 Å². The van der Waals surface area contributed by atoms with Crippen molar-refractivity contribution in [2.45, 2.75) is 6.54 Å². The van der Waals surface area contributed by atoms with E-state index in [2.05, 4.69) is 35.4 Å². The van der Waals surface area contributed by atoms with Gasteiger partial charge in [0.25, 0.3) is 0 Å². The van der Waals surface area contributed by atoms with Gasteiger partial charge in [0.15, 0.2) is 5.82 Å². The molecular weight excluding hydrogens is 344 g/mol. The van der Waals surface area contributed by atoms with Gasteiger partial charge in [-0.1, -0.05) is 12.1 Å². The first-order chi connectivity index (χ1) is 13.3. The van der Waals surface area contributed by atoms with E-state index < -0.39 is 0 Å². The summed E-state index contributed by atoms with van der Waals surface area (Å²) in [6.07, 6.45) is 3.47. The lowest BCUT2D eigenvalue weighted by molar-refractivity contribution is 0.193. The molecule has 9 heteroatoms. The topological polar surface area (TPSA) is 103 Å². The zero-order valence-electron chi connectivity index (χ0n) is 14.7. The first-order valence-corrected chi connectivity index (χ1v) is 8.81. The molecule has 1 saturated heterocycles. The molecule has 1 aliphatic rings. The van der Waals surface area contributed by atoms with E-state index >= 15 is 0 Å². The molecular formula is C18H20N8O. The summed E-state index contributed by atoms with van der Waals surface area (Å²) in [6.45, 7) is 3.11. The lowest BCUT2D eigenvalue weighted by Crippen LogP contribution is -2.52. The molecule has 0 atom stereocenters. The fraction of sp³-hybridized carbons (Fsp3) is 0.278. The second-order valence-electron chi connectivity index (χ2n) is 6.14. The highest BCUT2D eigenvalue weighted by atomic mass is 16.2. The van der Waals surface area contributed by atoms with Gasteiger partial charge < -0.3 is 15.1 Å². The number of aromatic nitrogens is 5. The number of anilines is 1. The molecule has 0 aliphatic carbocycles. The number of H-pyrrole nitrogens is 1. The second-order valence-corrected chi connectivity index (χ2v) is 6.14. The first kappa shape index (κ1) is 17.0. The van der Waals surface area contributed by atoms with Crippen LogP contribution in [0.4, 0.5) is 10.6 Å². The van der Waals surface area contributed by atoms with Crippen molar-refractivity contribution in [2.75, 3.05) is 31.1 Å². The van der Waals surface area contributed by atoms with E-state index in [0.717, 1.165) is 18.9 Å². The minimum atomic E-state index is -0.105. The Labute approximate surface area is 156 Å². The summed E-state index contributed by atoms with van der Waals surface area (Å²) < 4.78 is 0. The summed E-state index contributed by atoms with van der Waals surface area (Å²) in [4.78, 5) is 29.3. The van der Waals surface area contributed by atoms with Gasteiger partial charge in [-0.3, -0.25) is 10.1 Å². The van der Waals surface area contributed by atoms with Gasteiger partial charge in [0.2, 0.25) is 0 Å². The molecule has 1 fully saturated rings. The van der Waals surface area contributed by atoms with Gasteiger partial charge in [-0.25, -0.2) is 14.8 Å². The number of pyridine rings is 2. The van der Waals surface area contributed by atoms with Crippen LogP contribution in [0.15, 0.2) is 48.8 Å². The van der Waals surface area contributed by atoms with Crippen molar-refractivity contribution in [3.8, 4) is 11.5 Å². The zero-order chi connectivity index (χ0) is 18.5. The van der Waals surface area contributed by atoms with Crippen molar-refractivity contribution in [1.29, 1.82) is 0 Å². The summed E-state index contributed by atoms with van der Waals surface area (Å²) in [5, 5.41) is 9.87. The van der Waals surface area contributed by atoms with E-state index in [4.69, 9.17) is 0 Å². The SMILES string of the molecule is O=C(NCc1nc(-c2ccccn2)n[nH]1)N1CCN(c2ccccn2)CC1. The molecule has 0 radical (unpaired) electrons. The molecule has 0 unspecified atom stereocenters. The normalized spacial score (nSPS) is 14.2. The Kier molecular flexibility index (Phi) is 4.91. The van der Waals surface area contributed by atoms with Crippen molar-refractivity contribution < 1.29 is 4.79 Å². The van der Waals surface area contributed by atoms with Crippen LogP contribution in [0, 0.1) is 0 Å². The summed E-state index contributed by atoms with van der Waals surface area (Å²) in [5.41, 5.74) is 0.692. The fourth-order valence-corrected chi connectivity index (χ4v) is 2.93. The molecule has 0 bridgehead atoms. The van der Waals surface area contributed by atoms with Crippen molar-refractivity contribution >= 4 is 11.8 Å². The lowest BCUT2D eigenvalue weighted by atomic mass is 10.3. The number of nitrogens with one attached hydrogen (secondary N) is 2. The van der Waals surface area contributed by atoms with Crippen LogP contribution in [0.1, 0.15) is 5.82 Å². The van der Waals surface area contributed by atoms with Crippen LogP contribution in [0.3, 0.4) is 0 Å². The number of nitrogens with zero attached hydrogens (tertiary/aromatic N) is 6. The number of hydrogen-bond donors (Lipinski definition) is 2. The number of piperazine rings is 1. The Hall–Kier alpha value is -3.49. The molecule has 4 heterocycles. The smallest absolute Gasteiger partial charge is 0.317 e. The Morgan fingerprint density at radius 2 is 1.81 bits per heavy atom. The third-order valence-electron chi connectivity index (χ3n) is 4.37. The van der Waals surface area contributed by atoms with Gasteiger partial charge in [-0.2, -0.15) is 5.10 Å². The molecule has 27 heavy (non-hydrogen) atoms. The molecule has 138 valence electrons. The average molecular weight is 364 g/mol. The minimum absolute atomic E-state index is 0.105. The molecule has 0 saturated carbocycles. The first-order valence-electron chi connectivity index (χ1n) is 8.81. The van der Waals surface area contributed by atoms with Crippen molar-refractivity contribution in [3.63, 3.8) is 0 Å². The number of carbonyl (C=O) groups is 1. The van der Waals surface area contributed by atoms with Gasteiger partial charge in [-0.05, 0) is 24.3 Å². The van der Waals surface area contributed by atoms with Crippen LogP contribution < -0.4 is 10.2 Å². The molecule has 0 spiro atoms. The Morgan fingerprint density at radius 1 is 1.04 bits per heavy atom. The number of urea groups is 1. The molecule has 3 aromatic heterocycles. The summed E-state index contributed by atoms with van der Waals surface area (Å²) >= 11 is 0. The molecule has 4 rings (SSSR count). The molecule has 0 aromatic carbocycles. The number of carbonyl (C=O) groups excluding carboxylic acids is 1. The van der Waals surface area contributed by atoms with Gasteiger partial charge >= 0.3 is 6.03 Å². The minimum Gasteiger partial charge on any atom is -0.353 e. The maximum atomic E-state index is 12.4. The molecule has 1 aliphatic heterocycles. The monoisotopic (exact) mass is 364 g/mol. The summed E-state index contributed by atoms with van der Waals surface area (Å²) in [5.74, 6) is 2.06. The van der Waals surface area contributed by atoms with Gasteiger partial charge in [-0.15, -0.1) is 0 Å². The Morgan fingerprint density at radius 3 is 2.52 bits per heavy atom. The predicted molar refractivity (Wildman–Crippen MR) is 99.9 cm³/mol. The highest BCUT2D eigenvalue weighted by molar-refractivity contribution is 5.74. The number of amides is 2. The highest BCUT2D eigenvalue weighted by Crippen LogP contribution is 2.13.